The molecule has 0 N–H and O–H groups in total. The normalized spacial score (nSPS) is 14.8. The predicted molar refractivity (Wildman–Crippen MR) is 70.7 cm³/mol. The molecule has 0 aliphatic carbocycles. The minimum atomic E-state index is -0.925. The van der Waals surface area contributed by atoms with Gasteiger partial charge in [0.05, 0.1) is 26.4 Å². The quantitative estimate of drug-likeness (QED) is 0.785. The minimum Gasteiger partial charge on any atom is -0.466 e. The average Bonchev–Trinajstić information content (AvgIpc) is 2.53. The second kappa shape index (κ2) is 6.52. The van der Waals surface area contributed by atoms with E-state index in [-0.39, 0.29) is 24.6 Å². The van der Waals surface area contributed by atoms with Gasteiger partial charge >= 0.3 is 11.9 Å². The summed E-state index contributed by atoms with van der Waals surface area (Å²) < 4.78 is 42.2. The molecule has 0 radical (unpaired) electrons. The molecule has 1 aromatic rings. The van der Waals surface area contributed by atoms with E-state index in [0.29, 0.717) is 0 Å². The van der Waals surface area contributed by atoms with E-state index >= 15 is 0 Å². The lowest BCUT2D eigenvalue weighted by molar-refractivity contribution is -0.140. The molecule has 2 rings (SSSR count). The zero-order chi connectivity index (χ0) is 16.3. The van der Waals surface area contributed by atoms with Crippen LogP contribution in [-0.4, -0.2) is 39.5 Å². The first-order chi connectivity index (χ1) is 10.5. The summed E-state index contributed by atoms with van der Waals surface area (Å²) in [6, 6.07) is 3.24. The van der Waals surface area contributed by atoms with Crippen LogP contribution in [0.3, 0.4) is 0 Å². The van der Waals surface area contributed by atoms with Crippen LogP contribution in [-0.2, 0) is 23.8 Å². The Labute approximate surface area is 124 Å². The maximum absolute atomic E-state index is 14.0. The van der Waals surface area contributed by atoms with Crippen molar-refractivity contribution in [1.82, 2.24) is 0 Å². The molecule has 0 unspecified atom stereocenters. The van der Waals surface area contributed by atoms with E-state index in [9.17, 15) is 18.4 Å². The lowest BCUT2D eigenvalue weighted by Crippen LogP contribution is -2.39. The van der Waals surface area contributed by atoms with Crippen LogP contribution >= 0.6 is 0 Å². The van der Waals surface area contributed by atoms with Crippen LogP contribution in [0.15, 0.2) is 29.5 Å². The number of anilines is 1. The number of hydrogen-bond donors (Lipinski definition) is 0. The van der Waals surface area contributed by atoms with Crippen molar-refractivity contribution in [3.8, 4) is 0 Å². The van der Waals surface area contributed by atoms with E-state index in [0.717, 1.165) is 31.3 Å². The Morgan fingerprint density at radius 3 is 2.27 bits per heavy atom. The molecule has 1 aliphatic rings. The molecule has 0 fully saturated rings. The monoisotopic (exact) mass is 313 g/mol. The van der Waals surface area contributed by atoms with Gasteiger partial charge in [0, 0.05) is 0 Å². The number of carbonyl (C=O) groups excluding carboxylic acids is 2. The average molecular weight is 313 g/mol. The number of benzene rings is 1. The largest absolute Gasteiger partial charge is 0.466 e. The molecule has 22 heavy (non-hydrogen) atoms. The molecular weight excluding hydrogens is 300 g/mol. The number of para-hydroxylation sites is 1. The number of halogens is 2. The van der Waals surface area contributed by atoms with Crippen molar-refractivity contribution in [1.29, 1.82) is 0 Å². The number of carbonyl (C=O) groups is 2. The van der Waals surface area contributed by atoms with Crippen LogP contribution in [0.2, 0.25) is 0 Å². The van der Waals surface area contributed by atoms with Gasteiger partial charge in [0.2, 0.25) is 0 Å². The van der Waals surface area contributed by atoms with Gasteiger partial charge in [-0.1, -0.05) is 6.07 Å². The van der Waals surface area contributed by atoms with Crippen molar-refractivity contribution in [2.75, 3.05) is 32.5 Å². The highest BCUT2D eigenvalue weighted by Crippen LogP contribution is 2.30. The number of nitrogens with zero attached hydrogens (tertiary/aromatic N) is 1. The van der Waals surface area contributed by atoms with Crippen LogP contribution in [0.25, 0.3) is 0 Å². The third-order valence-electron chi connectivity index (χ3n) is 3.04. The topological polar surface area (TPSA) is 65.1 Å². The molecule has 0 spiro atoms. The maximum Gasteiger partial charge on any atom is 0.355 e. The Bertz CT molecular complexity index is 624. The zero-order valence-corrected chi connectivity index (χ0v) is 11.9. The third-order valence-corrected chi connectivity index (χ3v) is 3.04. The molecule has 1 aromatic carbocycles. The van der Waals surface area contributed by atoms with E-state index in [1.807, 2.05) is 0 Å². The number of methoxy groups -OCH3 is 2. The van der Waals surface area contributed by atoms with Crippen molar-refractivity contribution in [3.63, 3.8) is 0 Å². The summed E-state index contributed by atoms with van der Waals surface area (Å²) in [4.78, 5) is 24.6. The number of hydrogen-bond acceptors (Lipinski definition) is 6. The SMILES string of the molecule is COC(=O)C1=C(C(=O)OC)N(c2c(F)cccc2F)COC1. The lowest BCUT2D eigenvalue weighted by Gasteiger charge is -2.31. The summed E-state index contributed by atoms with van der Waals surface area (Å²) in [6.45, 7) is -0.549. The van der Waals surface area contributed by atoms with E-state index in [1.54, 1.807) is 0 Å². The van der Waals surface area contributed by atoms with Crippen LogP contribution in [0.5, 0.6) is 0 Å². The molecule has 0 bridgehead atoms. The van der Waals surface area contributed by atoms with Crippen molar-refractivity contribution in [2.24, 2.45) is 0 Å². The van der Waals surface area contributed by atoms with Crippen LogP contribution in [0.4, 0.5) is 14.5 Å². The first-order valence-corrected chi connectivity index (χ1v) is 6.20. The highest BCUT2D eigenvalue weighted by Gasteiger charge is 2.34. The maximum atomic E-state index is 14.0. The smallest absolute Gasteiger partial charge is 0.355 e. The fourth-order valence-electron chi connectivity index (χ4n) is 2.07. The standard InChI is InChI=1S/C14H13F2NO5/c1-20-13(18)8-6-22-7-17(11(8)14(19)21-2)12-9(15)4-3-5-10(12)16/h3-5H,6-7H2,1-2H3. The summed E-state index contributed by atoms with van der Waals surface area (Å²) >= 11 is 0. The highest BCUT2D eigenvalue weighted by atomic mass is 19.1. The molecule has 8 heteroatoms. The molecule has 1 aliphatic heterocycles. The molecular formula is C14H13F2NO5. The number of ether oxygens (including phenoxy) is 3. The molecule has 0 saturated carbocycles. The van der Waals surface area contributed by atoms with Crippen molar-refractivity contribution >= 4 is 17.6 Å². The van der Waals surface area contributed by atoms with Gasteiger partial charge in [-0.25, -0.2) is 18.4 Å². The molecule has 0 aromatic heterocycles. The molecule has 0 amide bonds. The Hall–Kier alpha value is -2.48. The van der Waals surface area contributed by atoms with Gasteiger partial charge in [-0.2, -0.15) is 0 Å². The van der Waals surface area contributed by atoms with E-state index < -0.39 is 29.3 Å². The Balaban J connectivity index is 2.63. The molecule has 6 nitrogen and oxygen atoms in total. The zero-order valence-electron chi connectivity index (χ0n) is 11.9. The van der Waals surface area contributed by atoms with Crippen LogP contribution in [0.1, 0.15) is 0 Å². The third kappa shape index (κ3) is 2.77. The summed E-state index contributed by atoms with van der Waals surface area (Å²) in [7, 11) is 2.21. The van der Waals surface area contributed by atoms with Crippen LogP contribution < -0.4 is 4.90 Å². The minimum absolute atomic E-state index is 0.178. The van der Waals surface area contributed by atoms with Crippen LogP contribution in [0, 0.1) is 11.6 Å². The summed E-state index contributed by atoms with van der Waals surface area (Å²) in [5.41, 5.74) is -1.00. The molecule has 0 saturated heterocycles. The predicted octanol–water partition coefficient (Wildman–Crippen LogP) is 1.36. The first-order valence-electron chi connectivity index (χ1n) is 6.20. The molecule has 1 heterocycles. The van der Waals surface area contributed by atoms with Gasteiger partial charge in [0.25, 0.3) is 0 Å². The highest BCUT2D eigenvalue weighted by molar-refractivity contribution is 6.03. The van der Waals surface area contributed by atoms with Gasteiger partial charge in [0.15, 0.2) is 0 Å². The van der Waals surface area contributed by atoms with Gasteiger partial charge in [-0.05, 0) is 12.1 Å². The van der Waals surface area contributed by atoms with Gasteiger partial charge in [0.1, 0.15) is 29.7 Å². The second-order valence-electron chi connectivity index (χ2n) is 4.29. The van der Waals surface area contributed by atoms with Crippen molar-refractivity contribution in [3.05, 3.63) is 41.1 Å². The number of esters is 2. The van der Waals surface area contributed by atoms with E-state index in [1.165, 1.54) is 6.07 Å². The van der Waals surface area contributed by atoms with Gasteiger partial charge in [-0.3, -0.25) is 0 Å². The Kier molecular flexibility index (Phi) is 4.71. The van der Waals surface area contributed by atoms with Crippen molar-refractivity contribution in [2.45, 2.75) is 0 Å². The first kappa shape index (κ1) is 15.9. The van der Waals surface area contributed by atoms with Gasteiger partial charge < -0.3 is 19.1 Å². The van der Waals surface area contributed by atoms with E-state index in [2.05, 4.69) is 9.47 Å². The molecule has 0 atom stereocenters. The number of rotatable bonds is 3. The molecule has 118 valence electrons. The fourth-order valence-corrected chi connectivity index (χ4v) is 2.07. The fraction of sp³-hybridized carbons (Fsp3) is 0.286. The Morgan fingerprint density at radius 1 is 1.14 bits per heavy atom. The lowest BCUT2D eigenvalue weighted by atomic mass is 10.1. The summed E-state index contributed by atoms with van der Waals surface area (Å²) in [6.07, 6.45) is 0. The summed E-state index contributed by atoms with van der Waals surface area (Å²) in [5, 5.41) is 0. The summed E-state index contributed by atoms with van der Waals surface area (Å²) in [5.74, 6) is -3.58. The van der Waals surface area contributed by atoms with Gasteiger partial charge in [-0.15, -0.1) is 0 Å². The van der Waals surface area contributed by atoms with E-state index in [4.69, 9.17) is 4.74 Å². The second-order valence-corrected chi connectivity index (χ2v) is 4.29. The van der Waals surface area contributed by atoms with Crippen molar-refractivity contribution < 1.29 is 32.6 Å². The Morgan fingerprint density at radius 2 is 1.73 bits per heavy atom.